The molecule has 1 aliphatic rings. The van der Waals surface area contributed by atoms with Crippen molar-refractivity contribution in [3.63, 3.8) is 0 Å². The van der Waals surface area contributed by atoms with Crippen LogP contribution < -0.4 is 11.0 Å². The van der Waals surface area contributed by atoms with Crippen LogP contribution in [0.3, 0.4) is 0 Å². The Labute approximate surface area is 193 Å². The molecule has 1 aromatic rings. The van der Waals surface area contributed by atoms with E-state index in [1.165, 1.54) is 19.2 Å². The summed E-state index contributed by atoms with van der Waals surface area (Å²) in [7, 11) is 0. The summed E-state index contributed by atoms with van der Waals surface area (Å²) in [4.78, 5) is 74.5. The molecule has 14 nitrogen and oxygen atoms in total. The van der Waals surface area contributed by atoms with Gasteiger partial charge in [-0.2, -0.15) is 4.98 Å². The summed E-state index contributed by atoms with van der Waals surface area (Å²) in [5, 5.41) is 2.35. The summed E-state index contributed by atoms with van der Waals surface area (Å²) in [6, 6.07) is 1.29. The molecule has 1 saturated heterocycles. The summed E-state index contributed by atoms with van der Waals surface area (Å²) in [6.07, 6.45) is -5.72. The summed E-state index contributed by atoms with van der Waals surface area (Å²) in [6.45, 7) is 5.18. The van der Waals surface area contributed by atoms with Gasteiger partial charge in [-0.25, -0.2) is 4.79 Å². The molecule has 34 heavy (non-hydrogen) atoms. The van der Waals surface area contributed by atoms with Crippen LogP contribution in [0.5, 0.6) is 0 Å². The fourth-order valence-electron chi connectivity index (χ4n) is 3.29. The zero-order valence-corrected chi connectivity index (χ0v) is 19.1. The maximum absolute atomic E-state index is 12.7. The fourth-order valence-corrected chi connectivity index (χ4v) is 3.29. The topological polar surface area (TPSA) is 178 Å². The Bertz CT molecular complexity index is 1020. The lowest BCUT2D eigenvalue weighted by atomic mass is 9.97. The van der Waals surface area contributed by atoms with E-state index in [1.807, 2.05) is 0 Å². The van der Waals surface area contributed by atoms with Gasteiger partial charge in [-0.05, 0) is 6.07 Å². The van der Waals surface area contributed by atoms with Crippen molar-refractivity contribution in [1.82, 2.24) is 9.55 Å². The van der Waals surface area contributed by atoms with E-state index in [-0.39, 0.29) is 5.82 Å². The van der Waals surface area contributed by atoms with Crippen molar-refractivity contribution in [2.45, 2.75) is 65.3 Å². The second kappa shape index (κ2) is 11.4. The molecule has 0 saturated carbocycles. The average Bonchev–Trinajstić information content (AvgIpc) is 2.68. The number of hydrogen-bond acceptors (Lipinski definition) is 12. The molecule has 14 heteroatoms. The van der Waals surface area contributed by atoms with E-state index in [4.69, 9.17) is 23.7 Å². The van der Waals surface area contributed by atoms with E-state index in [0.29, 0.717) is 0 Å². The minimum Gasteiger partial charge on any atom is -0.463 e. The first kappa shape index (κ1) is 26.4. The normalized spacial score (nSPS) is 23.9. The van der Waals surface area contributed by atoms with E-state index in [0.717, 1.165) is 32.3 Å². The van der Waals surface area contributed by atoms with E-state index in [9.17, 15) is 28.8 Å². The minimum absolute atomic E-state index is 0.0422. The zero-order valence-electron chi connectivity index (χ0n) is 19.1. The molecule has 1 aromatic heterocycles. The Balaban J connectivity index is 2.59. The van der Waals surface area contributed by atoms with E-state index >= 15 is 0 Å². The number of amides is 1. The summed E-state index contributed by atoms with van der Waals surface area (Å²) >= 11 is 0. The van der Waals surface area contributed by atoms with Crippen molar-refractivity contribution >= 4 is 35.6 Å². The standard InChI is InChI=1S/C20H25N3O11/c1-9(24)21-15-6-7-23(20(29)22-15)19-18(33-13(5)28)17(32-12(4)27)16(31-11(3)26)14(34-19)8-30-10(2)25/h6-7,14,16-19H,8H2,1-5H3,(H,21,22,24,29). The second-order valence-electron chi connectivity index (χ2n) is 7.27. The lowest BCUT2D eigenvalue weighted by Crippen LogP contribution is -2.61. The van der Waals surface area contributed by atoms with Gasteiger partial charge in [0.15, 0.2) is 24.5 Å². The van der Waals surface area contributed by atoms with Crippen molar-refractivity contribution in [3.8, 4) is 0 Å². The molecule has 0 bridgehead atoms. The van der Waals surface area contributed by atoms with Gasteiger partial charge in [0.25, 0.3) is 0 Å². The van der Waals surface area contributed by atoms with Crippen LogP contribution in [0.15, 0.2) is 17.1 Å². The van der Waals surface area contributed by atoms with Gasteiger partial charge in [-0.1, -0.05) is 0 Å². The van der Waals surface area contributed by atoms with Crippen LogP contribution in [0.4, 0.5) is 5.82 Å². The van der Waals surface area contributed by atoms with Gasteiger partial charge in [0.2, 0.25) is 5.91 Å². The molecule has 2 rings (SSSR count). The Morgan fingerprint density at radius 2 is 1.47 bits per heavy atom. The van der Waals surface area contributed by atoms with Gasteiger partial charge in [0.1, 0.15) is 18.5 Å². The van der Waals surface area contributed by atoms with Crippen molar-refractivity contribution in [3.05, 3.63) is 22.7 Å². The van der Waals surface area contributed by atoms with Crippen molar-refractivity contribution in [2.24, 2.45) is 0 Å². The highest BCUT2D eigenvalue weighted by atomic mass is 16.7. The van der Waals surface area contributed by atoms with Gasteiger partial charge >= 0.3 is 29.6 Å². The average molecular weight is 483 g/mol. The van der Waals surface area contributed by atoms with Crippen molar-refractivity contribution in [1.29, 1.82) is 0 Å². The van der Waals surface area contributed by atoms with Crippen molar-refractivity contribution in [2.75, 3.05) is 11.9 Å². The maximum atomic E-state index is 12.7. The van der Waals surface area contributed by atoms with Crippen LogP contribution in [0.2, 0.25) is 0 Å². The number of aromatic nitrogens is 2. The summed E-state index contributed by atoms with van der Waals surface area (Å²) < 4.78 is 27.7. The number of hydrogen-bond donors (Lipinski definition) is 1. The Kier molecular flexibility index (Phi) is 8.83. The third kappa shape index (κ3) is 7.10. The highest BCUT2D eigenvalue weighted by molar-refractivity contribution is 5.87. The lowest BCUT2D eigenvalue weighted by Gasteiger charge is -2.44. The second-order valence-corrected chi connectivity index (χ2v) is 7.27. The van der Waals surface area contributed by atoms with Crippen LogP contribution in [0.25, 0.3) is 0 Å². The first-order valence-electron chi connectivity index (χ1n) is 10.1. The van der Waals surface area contributed by atoms with Gasteiger partial charge in [-0.15, -0.1) is 0 Å². The molecule has 1 fully saturated rings. The summed E-state index contributed by atoms with van der Waals surface area (Å²) in [5.74, 6) is -3.58. The SMILES string of the molecule is CC(=O)Nc1ccn(C2OC(COC(C)=O)C(OC(C)=O)C(OC(C)=O)C2OC(C)=O)c(=O)n1. The van der Waals surface area contributed by atoms with E-state index in [1.54, 1.807) is 0 Å². The van der Waals surface area contributed by atoms with Crippen LogP contribution in [-0.4, -0.2) is 70.4 Å². The van der Waals surface area contributed by atoms with Crippen molar-refractivity contribution < 1.29 is 47.7 Å². The number of nitrogens with one attached hydrogen (secondary N) is 1. The predicted octanol–water partition coefficient (Wildman–Crippen LogP) is -0.543. The summed E-state index contributed by atoms with van der Waals surface area (Å²) in [5.41, 5.74) is -0.910. The van der Waals surface area contributed by atoms with Crippen LogP contribution in [-0.2, 0) is 47.7 Å². The van der Waals surface area contributed by atoms with Gasteiger partial charge in [0, 0.05) is 40.8 Å². The molecule has 1 N–H and O–H groups in total. The monoisotopic (exact) mass is 483 g/mol. The number of rotatable bonds is 7. The molecule has 186 valence electrons. The molecule has 0 radical (unpaired) electrons. The van der Waals surface area contributed by atoms with Gasteiger partial charge in [0.05, 0.1) is 0 Å². The van der Waals surface area contributed by atoms with Crippen LogP contribution in [0.1, 0.15) is 40.8 Å². The number of carbonyl (C=O) groups excluding carboxylic acids is 5. The Morgan fingerprint density at radius 3 is 1.97 bits per heavy atom. The Morgan fingerprint density at radius 1 is 0.912 bits per heavy atom. The van der Waals surface area contributed by atoms with Gasteiger partial charge in [-0.3, -0.25) is 28.5 Å². The Hall–Kier alpha value is -3.81. The first-order chi connectivity index (χ1) is 15.9. The van der Waals surface area contributed by atoms with Gasteiger partial charge < -0.3 is 29.0 Å². The molecular formula is C20H25N3O11. The quantitative estimate of drug-likeness (QED) is 0.387. The third-order valence-electron chi connectivity index (χ3n) is 4.37. The molecule has 0 spiro atoms. The van der Waals surface area contributed by atoms with Crippen LogP contribution >= 0.6 is 0 Å². The predicted molar refractivity (Wildman–Crippen MR) is 110 cm³/mol. The maximum Gasteiger partial charge on any atom is 0.351 e. The fraction of sp³-hybridized carbons (Fsp3) is 0.550. The lowest BCUT2D eigenvalue weighted by molar-refractivity contribution is -0.269. The van der Waals surface area contributed by atoms with E-state index < -0.39 is 72.7 Å². The molecular weight excluding hydrogens is 458 g/mol. The highest BCUT2D eigenvalue weighted by Crippen LogP contribution is 2.34. The molecule has 0 aliphatic carbocycles. The zero-order chi connectivity index (χ0) is 25.6. The minimum atomic E-state index is -1.47. The molecule has 0 aromatic carbocycles. The highest BCUT2D eigenvalue weighted by Gasteiger charge is 2.53. The number of carbonyl (C=O) groups is 5. The van der Waals surface area contributed by atoms with E-state index in [2.05, 4.69) is 10.3 Å². The molecule has 2 heterocycles. The number of nitrogens with zero attached hydrogens (tertiary/aromatic N) is 2. The number of anilines is 1. The number of esters is 4. The molecule has 5 atom stereocenters. The molecule has 1 aliphatic heterocycles. The molecule has 1 amide bonds. The first-order valence-corrected chi connectivity index (χ1v) is 10.1. The van der Waals surface area contributed by atoms with Crippen LogP contribution in [0, 0.1) is 0 Å². The smallest absolute Gasteiger partial charge is 0.351 e. The third-order valence-corrected chi connectivity index (χ3v) is 4.37. The number of ether oxygens (including phenoxy) is 5. The molecule has 5 unspecified atom stereocenters. The largest absolute Gasteiger partial charge is 0.463 e.